The SMILES string of the molecule is CC(C)(C)C1CNCc2nccn21. The zero-order chi connectivity index (χ0) is 9.47. The van der Waals surface area contributed by atoms with Crippen molar-refractivity contribution < 1.29 is 0 Å². The molecule has 0 aliphatic carbocycles. The van der Waals surface area contributed by atoms with E-state index < -0.39 is 0 Å². The zero-order valence-corrected chi connectivity index (χ0v) is 8.54. The van der Waals surface area contributed by atoms with Crippen molar-refractivity contribution in [2.24, 2.45) is 5.41 Å². The van der Waals surface area contributed by atoms with Crippen LogP contribution >= 0.6 is 0 Å². The van der Waals surface area contributed by atoms with Gasteiger partial charge in [0.15, 0.2) is 0 Å². The number of hydrogen-bond donors (Lipinski definition) is 1. The second-order valence-electron chi connectivity index (χ2n) is 4.76. The molecule has 72 valence electrons. The van der Waals surface area contributed by atoms with E-state index >= 15 is 0 Å². The van der Waals surface area contributed by atoms with Gasteiger partial charge in [0, 0.05) is 18.9 Å². The van der Waals surface area contributed by atoms with Crippen LogP contribution in [0.4, 0.5) is 0 Å². The molecule has 3 nitrogen and oxygen atoms in total. The predicted octanol–water partition coefficient (Wildman–Crippen LogP) is 1.57. The third kappa shape index (κ3) is 1.48. The van der Waals surface area contributed by atoms with E-state index in [-0.39, 0.29) is 0 Å². The van der Waals surface area contributed by atoms with Crippen LogP contribution in [0, 0.1) is 5.41 Å². The summed E-state index contributed by atoms with van der Waals surface area (Å²) in [5.74, 6) is 1.16. The van der Waals surface area contributed by atoms with Crippen LogP contribution in [-0.4, -0.2) is 16.1 Å². The number of hydrogen-bond acceptors (Lipinski definition) is 2. The van der Waals surface area contributed by atoms with Gasteiger partial charge < -0.3 is 9.88 Å². The Kier molecular flexibility index (Phi) is 1.91. The molecule has 2 rings (SSSR count). The van der Waals surface area contributed by atoms with Gasteiger partial charge in [-0.3, -0.25) is 0 Å². The molecule has 0 saturated heterocycles. The molecule has 0 amide bonds. The van der Waals surface area contributed by atoms with Crippen molar-refractivity contribution in [1.29, 1.82) is 0 Å². The molecule has 0 aromatic carbocycles. The summed E-state index contributed by atoms with van der Waals surface area (Å²) in [5.41, 5.74) is 0.295. The number of imidazole rings is 1. The molecule has 1 aromatic heterocycles. The standard InChI is InChI=1S/C10H17N3/c1-10(2,3)8-6-11-7-9-12-4-5-13(8)9/h4-5,8,11H,6-7H2,1-3H3. The maximum atomic E-state index is 4.32. The minimum atomic E-state index is 0.295. The number of nitrogens with one attached hydrogen (secondary N) is 1. The Bertz CT molecular complexity index is 295. The van der Waals surface area contributed by atoms with Gasteiger partial charge in [0.25, 0.3) is 0 Å². The molecule has 3 heteroatoms. The number of fused-ring (bicyclic) bond motifs is 1. The van der Waals surface area contributed by atoms with E-state index in [1.165, 1.54) is 0 Å². The van der Waals surface area contributed by atoms with Gasteiger partial charge >= 0.3 is 0 Å². The molecule has 0 radical (unpaired) electrons. The summed E-state index contributed by atoms with van der Waals surface area (Å²) in [4.78, 5) is 4.32. The largest absolute Gasteiger partial charge is 0.329 e. The van der Waals surface area contributed by atoms with Gasteiger partial charge in [-0.15, -0.1) is 0 Å². The van der Waals surface area contributed by atoms with Gasteiger partial charge in [-0.05, 0) is 5.41 Å². The van der Waals surface area contributed by atoms with Crippen LogP contribution in [0.15, 0.2) is 12.4 Å². The summed E-state index contributed by atoms with van der Waals surface area (Å²) in [6, 6.07) is 0.527. The Morgan fingerprint density at radius 3 is 3.00 bits per heavy atom. The smallest absolute Gasteiger partial charge is 0.122 e. The molecule has 1 aliphatic rings. The highest BCUT2D eigenvalue weighted by Crippen LogP contribution is 2.32. The van der Waals surface area contributed by atoms with Gasteiger partial charge in [-0.2, -0.15) is 0 Å². The molecule has 1 aromatic rings. The molecule has 1 atom stereocenters. The summed E-state index contributed by atoms with van der Waals surface area (Å²) in [5, 5.41) is 3.40. The molecule has 0 saturated carbocycles. The van der Waals surface area contributed by atoms with Gasteiger partial charge in [-0.25, -0.2) is 4.98 Å². The van der Waals surface area contributed by atoms with Crippen molar-refractivity contribution in [2.45, 2.75) is 33.4 Å². The lowest BCUT2D eigenvalue weighted by molar-refractivity contribution is 0.211. The Hall–Kier alpha value is -0.830. The monoisotopic (exact) mass is 179 g/mol. The average Bonchev–Trinajstić information content (AvgIpc) is 2.48. The zero-order valence-electron chi connectivity index (χ0n) is 8.54. The van der Waals surface area contributed by atoms with E-state index in [0.717, 1.165) is 18.9 Å². The highest BCUT2D eigenvalue weighted by molar-refractivity contribution is 5.01. The number of nitrogens with zero attached hydrogens (tertiary/aromatic N) is 2. The Labute approximate surface area is 79.2 Å². The van der Waals surface area contributed by atoms with Crippen molar-refractivity contribution in [3.05, 3.63) is 18.2 Å². The van der Waals surface area contributed by atoms with Gasteiger partial charge in [-0.1, -0.05) is 20.8 Å². The van der Waals surface area contributed by atoms with Crippen molar-refractivity contribution in [2.75, 3.05) is 6.54 Å². The fourth-order valence-corrected chi connectivity index (χ4v) is 1.91. The molecule has 1 N–H and O–H groups in total. The Balaban J connectivity index is 2.35. The van der Waals surface area contributed by atoms with Crippen LogP contribution in [-0.2, 0) is 6.54 Å². The van der Waals surface area contributed by atoms with E-state index in [4.69, 9.17) is 0 Å². The first kappa shape index (κ1) is 8.75. The van der Waals surface area contributed by atoms with E-state index in [1.807, 2.05) is 6.20 Å². The van der Waals surface area contributed by atoms with E-state index in [1.54, 1.807) is 0 Å². The van der Waals surface area contributed by atoms with Crippen LogP contribution in [0.5, 0.6) is 0 Å². The van der Waals surface area contributed by atoms with Crippen LogP contribution in [0.25, 0.3) is 0 Å². The predicted molar refractivity (Wildman–Crippen MR) is 52.4 cm³/mol. The van der Waals surface area contributed by atoms with E-state index in [2.05, 4.69) is 41.8 Å². The van der Waals surface area contributed by atoms with Crippen molar-refractivity contribution in [1.82, 2.24) is 14.9 Å². The summed E-state index contributed by atoms with van der Waals surface area (Å²) in [6.45, 7) is 8.77. The second-order valence-corrected chi connectivity index (χ2v) is 4.76. The van der Waals surface area contributed by atoms with Gasteiger partial charge in [0.05, 0.1) is 12.6 Å². The molecule has 1 aliphatic heterocycles. The maximum Gasteiger partial charge on any atom is 0.122 e. The summed E-state index contributed by atoms with van der Waals surface area (Å²) in [7, 11) is 0. The number of rotatable bonds is 0. The molecule has 0 bridgehead atoms. The fourth-order valence-electron chi connectivity index (χ4n) is 1.91. The second kappa shape index (κ2) is 2.84. The molecular weight excluding hydrogens is 162 g/mol. The third-order valence-corrected chi connectivity index (χ3v) is 2.71. The van der Waals surface area contributed by atoms with E-state index in [0.29, 0.717) is 11.5 Å². The summed E-state index contributed by atoms with van der Waals surface area (Å²) in [6.07, 6.45) is 3.98. The summed E-state index contributed by atoms with van der Waals surface area (Å²) < 4.78 is 2.30. The molecule has 0 fully saturated rings. The van der Waals surface area contributed by atoms with E-state index in [9.17, 15) is 0 Å². The Morgan fingerprint density at radius 1 is 1.54 bits per heavy atom. The third-order valence-electron chi connectivity index (χ3n) is 2.71. The van der Waals surface area contributed by atoms with Crippen LogP contribution in [0.1, 0.15) is 32.6 Å². The highest BCUT2D eigenvalue weighted by Gasteiger charge is 2.29. The first-order chi connectivity index (χ1) is 6.09. The molecule has 2 heterocycles. The van der Waals surface area contributed by atoms with Crippen LogP contribution in [0.3, 0.4) is 0 Å². The van der Waals surface area contributed by atoms with Crippen molar-refractivity contribution in [3.8, 4) is 0 Å². The average molecular weight is 179 g/mol. The maximum absolute atomic E-state index is 4.32. The molecule has 0 spiro atoms. The van der Waals surface area contributed by atoms with Gasteiger partial charge in [0.2, 0.25) is 0 Å². The topological polar surface area (TPSA) is 29.9 Å². The first-order valence-electron chi connectivity index (χ1n) is 4.81. The highest BCUT2D eigenvalue weighted by atomic mass is 15.2. The molecular formula is C10H17N3. The Morgan fingerprint density at radius 2 is 2.31 bits per heavy atom. The van der Waals surface area contributed by atoms with Crippen LogP contribution in [0.2, 0.25) is 0 Å². The van der Waals surface area contributed by atoms with Crippen LogP contribution < -0.4 is 5.32 Å². The molecule has 13 heavy (non-hydrogen) atoms. The van der Waals surface area contributed by atoms with Crippen molar-refractivity contribution in [3.63, 3.8) is 0 Å². The fraction of sp³-hybridized carbons (Fsp3) is 0.700. The lowest BCUT2D eigenvalue weighted by Crippen LogP contribution is -2.39. The normalized spacial score (nSPS) is 22.8. The first-order valence-corrected chi connectivity index (χ1v) is 4.81. The quantitative estimate of drug-likeness (QED) is 0.655. The van der Waals surface area contributed by atoms with Gasteiger partial charge in [0.1, 0.15) is 5.82 Å². The minimum Gasteiger partial charge on any atom is -0.329 e. The lowest BCUT2D eigenvalue weighted by atomic mass is 9.86. The summed E-state index contributed by atoms with van der Waals surface area (Å²) >= 11 is 0. The number of aromatic nitrogens is 2. The van der Waals surface area contributed by atoms with Crippen molar-refractivity contribution >= 4 is 0 Å². The minimum absolute atomic E-state index is 0.295. The lowest BCUT2D eigenvalue weighted by Gasteiger charge is -2.36. The molecule has 1 unspecified atom stereocenters.